The van der Waals surface area contributed by atoms with E-state index in [4.69, 9.17) is 10.3 Å². The van der Waals surface area contributed by atoms with Gasteiger partial charge in [0, 0.05) is 6.07 Å². The molecule has 0 unspecified atom stereocenters. The first-order chi connectivity index (χ1) is 9.15. The fraction of sp³-hybridized carbons (Fsp3) is 0. The molecule has 0 fully saturated rings. The standard InChI is InChI=1S/C13H8F2N2OS/c14-8-4-7(5-9(15)6-8)11-12(17-18-13(11)16)10-2-1-3-19-10/h1-6H,16H2. The molecule has 3 rings (SSSR count). The number of aromatic nitrogens is 1. The van der Waals surface area contributed by atoms with E-state index in [2.05, 4.69) is 5.16 Å². The quantitative estimate of drug-likeness (QED) is 0.772. The number of nitrogens with two attached hydrogens (primary N) is 1. The van der Waals surface area contributed by atoms with Crippen molar-refractivity contribution in [2.75, 3.05) is 5.73 Å². The van der Waals surface area contributed by atoms with Crippen molar-refractivity contribution in [3.63, 3.8) is 0 Å². The predicted molar refractivity (Wildman–Crippen MR) is 69.6 cm³/mol. The zero-order valence-electron chi connectivity index (χ0n) is 9.56. The second-order valence-electron chi connectivity index (χ2n) is 3.91. The Morgan fingerprint density at radius 3 is 2.53 bits per heavy atom. The van der Waals surface area contributed by atoms with E-state index in [0.29, 0.717) is 16.8 Å². The average Bonchev–Trinajstić information content (AvgIpc) is 2.95. The number of benzene rings is 1. The van der Waals surface area contributed by atoms with Crippen LogP contribution in [-0.4, -0.2) is 5.16 Å². The lowest BCUT2D eigenvalue weighted by Gasteiger charge is -2.02. The first-order valence-electron chi connectivity index (χ1n) is 5.40. The third-order valence-corrected chi connectivity index (χ3v) is 3.50. The predicted octanol–water partition coefficient (Wildman–Crippen LogP) is 3.93. The number of hydrogen-bond donors (Lipinski definition) is 1. The zero-order valence-corrected chi connectivity index (χ0v) is 10.4. The molecule has 96 valence electrons. The largest absolute Gasteiger partial charge is 0.367 e. The number of thiophene rings is 1. The maximum absolute atomic E-state index is 13.3. The fourth-order valence-electron chi connectivity index (χ4n) is 1.86. The van der Waals surface area contributed by atoms with Crippen LogP contribution in [0.5, 0.6) is 0 Å². The molecule has 0 amide bonds. The minimum atomic E-state index is -0.673. The van der Waals surface area contributed by atoms with Gasteiger partial charge in [-0.3, -0.25) is 0 Å². The van der Waals surface area contributed by atoms with Crippen LogP contribution in [0, 0.1) is 11.6 Å². The normalized spacial score (nSPS) is 10.8. The first-order valence-corrected chi connectivity index (χ1v) is 6.28. The Morgan fingerprint density at radius 1 is 1.16 bits per heavy atom. The monoisotopic (exact) mass is 278 g/mol. The van der Waals surface area contributed by atoms with Gasteiger partial charge in [-0.1, -0.05) is 11.2 Å². The lowest BCUT2D eigenvalue weighted by Crippen LogP contribution is -1.89. The summed E-state index contributed by atoms with van der Waals surface area (Å²) in [7, 11) is 0. The molecule has 3 aromatic rings. The average molecular weight is 278 g/mol. The number of anilines is 1. The van der Waals surface area contributed by atoms with E-state index in [0.717, 1.165) is 10.9 Å². The van der Waals surface area contributed by atoms with Gasteiger partial charge in [0.1, 0.15) is 17.3 Å². The molecule has 0 aliphatic rings. The number of halogens is 2. The third kappa shape index (κ3) is 2.10. The van der Waals surface area contributed by atoms with Gasteiger partial charge in [-0.05, 0) is 29.1 Å². The zero-order chi connectivity index (χ0) is 13.4. The van der Waals surface area contributed by atoms with Crippen LogP contribution < -0.4 is 5.73 Å². The molecule has 0 saturated heterocycles. The Labute approximate surface area is 111 Å². The molecule has 0 spiro atoms. The van der Waals surface area contributed by atoms with Crippen LogP contribution in [0.25, 0.3) is 21.7 Å². The third-order valence-electron chi connectivity index (χ3n) is 2.62. The van der Waals surface area contributed by atoms with Crippen molar-refractivity contribution in [3.8, 4) is 21.7 Å². The van der Waals surface area contributed by atoms with E-state index in [9.17, 15) is 8.78 Å². The second kappa shape index (κ2) is 4.47. The molecule has 0 radical (unpaired) electrons. The molecule has 0 bridgehead atoms. The van der Waals surface area contributed by atoms with Crippen molar-refractivity contribution in [2.24, 2.45) is 0 Å². The Hall–Kier alpha value is -2.21. The molecule has 0 atom stereocenters. The summed E-state index contributed by atoms with van der Waals surface area (Å²) < 4.78 is 31.5. The van der Waals surface area contributed by atoms with E-state index < -0.39 is 11.6 Å². The summed E-state index contributed by atoms with van der Waals surface area (Å²) in [6.45, 7) is 0. The molecule has 3 nitrogen and oxygen atoms in total. The summed E-state index contributed by atoms with van der Waals surface area (Å²) in [5.41, 5.74) is 6.90. The SMILES string of the molecule is Nc1onc(-c2cccs2)c1-c1cc(F)cc(F)c1. The summed E-state index contributed by atoms with van der Waals surface area (Å²) in [5.74, 6) is -1.31. The van der Waals surface area contributed by atoms with E-state index >= 15 is 0 Å². The topological polar surface area (TPSA) is 52.0 Å². The van der Waals surface area contributed by atoms with Gasteiger partial charge in [0.05, 0.1) is 10.4 Å². The van der Waals surface area contributed by atoms with Gasteiger partial charge < -0.3 is 10.3 Å². The molecule has 2 aromatic heterocycles. The van der Waals surface area contributed by atoms with Gasteiger partial charge in [0.2, 0.25) is 5.88 Å². The number of nitrogens with zero attached hydrogens (tertiary/aromatic N) is 1. The van der Waals surface area contributed by atoms with Crippen LogP contribution in [0.1, 0.15) is 0 Å². The highest BCUT2D eigenvalue weighted by Gasteiger charge is 2.19. The Kier molecular flexibility index (Phi) is 2.79. The second-order valence-corrected chi connectivity index (χ2v) is 4.85. The highest BCUT2D eigenvalue weighted by molar-refractivity contribution is 7.13. The molecule has 0 saturated carbocycles. The van der Waals surface area contributed by atoms with Crippen molar-refractivity contribution in [1.29, 1.82) is 0 Å². The van der Waals surface area contributed by atoms with Crippen LogP contribution in [0.3, 0.4) is 0 Å². The Balaban J connectivity index is 2.22. The summed E-state index contributed by atoms with van der Waals surface area (Å²) in [4.78, 5) is 0.820. The van der Waals surface area contributed by atoms with E-state index in [-0.39, 0.29) is 5.88 Å². The van der Waals surface area contributed by atoms with Crippen molar-refractivity contribution in [3.05, 3.63) is 47.3 Å². The highest BCUT2D eigenvalue weighted by atomic mass is 32.1. The molecule has 0 aliphatic heterocycles. The van der Waals surface area contributed by atoms with Gasteiger partial charge in [-0.15, -0.1) is 11.3 Å². The number of hydrogen-bond acceptors (Lipinski definition) is 4. The van der Waals surface area contributed by atoms with Crippen LogP contribution in [0.4, 0.5) is 14.7 Å². The van der Waals surface area contributed by atoms with Gasteiger partial charge in [-0.2, -0.15) is 0 Å². The maximum atomic E-state index is 13.3. The van der Waals surface area contributed by atoms with Crippen molar-refractivity contribution in [1.82, 2.24) is 5.16 Å². The van der Waals surface area contributed by atoms with E-state index in [1.165, 1.54) is 23.5 Å². The summed E-state index contributed by atoms with van der Waals surface area (Å²) in [6, 6.07) is 6.88. The van der Waals surface area contributed by atoms with Crippen molar-refractivity contribution < 1.29 is 13.3 Å². The molecule has 1 aromatic carbocycles. The molecule has 2 N–H and O–H groups in total. The van der Waals surface area contributed by atoms with Crippen LogP contribution >= 0.6 is 11.3 Å². The molecule has 0 aliphatic carbocycles. The summed E-state index contributed by atoms with van der Waals surface area (Å²) in [6.07, 6.45) is 0. The van der Waals surface area contributed by atoms with Crippen molar-refractivity contribution in [2.45, 2.75) is 0 Å². The van der Waals surface area contributed by atoms with Crippen molar-refractivity contribution >= 4 is 17.2 Å². The van der Waals surface area contributed by atoms with Crippen LogP contribution in [-0.2, 0) is 0 Å². The Morgan fingerprint density at radius 2 is 1.89 bits per heavy atom. The number of rotatable bonds is 2. The summed E-state index contributed by atoms with van der Waals surface area (Å²) in [5, 5.41) is 5.73. The van der Waals surface area contributed by atoms with Crippen LogP contribution in [0.2, 0.25) is 0 Å². The number of nitrogen functional groups attached to an aromatic ring is 1. The Bertz CT molecular complexity index is 702. The van der Waals surface area contributed by atoms with E-state index in [1.807, 2.05) is 17.5 Å². The molecular weight excluding hydrogens is 270 g/mol. The van der Waals surface area contributed by atoms with Gasteiger partial charge in [0.15, 0.2) is 0 Å². The smallest absolute Gasteiger partial charge is 0.230 e. The van der Waals surface area contributed by atoms with Crippen LogP contribution in [0.15, 0.2) is 40.2 Å². The highest BCUT2D eigenvalue weighted by Crippen LogP contribution is 2.38. The van der Waals surface area contributed by atoms with Gasteiger partial charge in [0.25, 0.3) is 0 Å². The molecular formula is C13H8F2N2OS. The molecule has 2 heterocycles. The molecule has 19 heavy (non-hydrogen) atoms. The summed E-state index contributed by atoms with van der Waals surface area (Å²) >= 11 is 1.44. The van der Waals surface area contributed by atoms with Gasteiger partial charge in [-0.25, -0.2) is 8.78 Å². The minimum Gasteiger partial charge on any atom is -0.367 e. The maximum Gasteiger partial charge on any atom is 0.230 e. The van der Waals surface area contributed by atoms with E-state index in [1.54, 1.807) is 0 Å². The minimum absolute atomic E-state index is 0.0356. The molecule has 6 heteroatoms. The van der Waals surface area contributed by atoms with Gasteiger partial charge >= 0.3 is 0 Å². The fourth-order valence-corrected chi connectivity index (χ4v) is 2.57. The first kappa shape index (κ1) is 11.9. The lowest BCUT2D eigenvalue weighted by molar-refractivity contribution is 0.439. The lowest BCUT2D eigenvalue weighted by atomic mass is 10.0.